The lowest BCUT2D eigenvalue weighted by molar-refractivity contribution is 0.293. The van der Waals surface area contributed by atoms with Gasteiger partial charge in [-0.25, -0.2) is 4.39 Å². The van der Waals surface area contributed by atoms with Gasteiger partial charge in [0.15, 0.2) is 0 Å². The monoisotopic (exact) mass is 275 g/mol. The van der Waals surface area contributed by atoms with Crippen LogP contribution in [0.25, 0.3) is 0 Å². The summed E-state index contributed by atoms with van der Waals surface area (Å²) >= 11 is 0. The van der Waals surface area contributed by atoms with Gasteiger partial charge in [-0.1, -0.05) is 24.3 Å². The lowest BCUT2D eigenvalue weighted by atomic mass is 10.1. The van der Waals surface area contributed by atoms with Crippen molar-refractivity contribution in [3.05, 3.63) is 59.4 Å². The zero-order chi connectivity index (χ0) is 14.5. The summed E-state index contributed by atoms with van der Waals surface area (Å²) in [6.07, 6.45) is 0. The minimum Gasteiger partial charge on any atom is -0.497 e. The van der Waals surface area contributed by atoms with Crippen LogP contribution in [0.5, 0.6) is 11.5 Å². The number of rotatable bonds is 5. The van der Waals surface area contributed by atoms with Crippen molar-refractivity contribution in [3.8, 4) is 11.5 Å². The van der Waals surface area contributed by atoms with Gasteiger partial charge in [0.25, 0.3) is 0 Å². The Hall–Kier alpha value is -2.07. The topological polar surface area (TPSA) is 44.5 Å². The van der Waals surface area contributed by atoms with Crippen LogP contribution in [0.15, 0.2) is 42.5 Å². The molecule has 0 radical (unpaired) electrons. The summed E-state index contributed by atoms with van der Waals surface area (Å²) in [6, 6.07) is 11.8. The second-order valence-corrected chi connectivity index (χ2v) is 4.57. The fourth-order valence-corrected chi connectivity index (χ4v) is 1.91. The molecule has 2 aromatic carbocycles. The number of nitrogens with two attached hydrogens (primary N) is 1. The first-order valence-corrected chi connectivity index (χ1v) is 6.41. The summed E-state index contributed by atoms with van der Waals surface area (Å²) in [7, 11) is 1.58. The second-order valence-electron chi connectivity index (χ2n) is 4.57. The van der Waals surface area contributed by atoms with Crippen molar-refractivity contribution >= 4 is 0 Å². The van der Waals surface area contributed by atoms with Gasteiger partial charge in [0.05, 0.1) is 7.11 Å². The summed E-state index contributed by atoms with van der Waals surface area (Å²) in [5.74, 6) is 1.01. The summed E-state index contributed by atoms with van der Waals surface area (Å²) in [6.45, 7) is 2.03. The molecule has 0 amide bonds. The zero-order valence-corrected chi connectivity index (χ0v) is 11.6. The number of halogens is 1. The van der Waals surface area contributed by atoms with Gasteiger partial charge in [-0.2, -0.15) is 0 Å². The van der Waals surface area contributed by atoms with Gasteiger partial charge < -0.3 is 15.2 Å². The molecule has 106 valence electrons. The highest BCUT2D eigenvalue weighted by molar-refractivity contribution is 5.42. The van der Waals surface area contributed by atoms with Crippen molar-refractivity contribution < 1.29 is 13.9 Å². The largest absolute Gasteiger partial charge is 0.497 e. The molecule has 0 aromatic heterocycles. The van der Waals surface area contributed by atoms with Crippen molar-refractivity contribution in [1.82, 2.24) is 0 Å². The van der Waals surface area contributed by atoms with Gasteiger partial charge in [-0.05, 0) is 19.1 Å². The summed E-state index contributed by atoms with van der Waals surface area (Å²) in [5, 5.41) is 0. The zero-order valence-electron chi connectivity index (χ0n) is 11.6. The lowest BCUT2D eigenvalue weighted by Crippen LogP contribution is -2.08. The van der Waals surface area contributed by atoms with Crippen LogP contribution in [0.2, 0.25) is 0 Å². The Labute approximate surface area is 118 Å². The van der Waals surface area contributed by atoms with E-state index in [2.05, 4.69) is 0 Å². The van der Waals surface area contributed by atoms with E-state index in [4.69, 9.17) is 15.2 Å². The van der Waals surface area contributed by atoms with Crippen LogP contribution in [0, 0.1) is 5.82 Å². The Balaban J connectivity index is 2.21. The van der Waals surface area contributed by atoms with Crippen LogP contribution in [-0.4, -0.2) is 7.11 Å². The van der Waals surface area contributed by atoms with Crippen molar-refractivity contribution in [2.75, 3.05) is 7.11 Å². The smallest absolute Gasteiger partial charge is 0.129 e. The Bertz CT molecular complexity index is 584. The molecule has 2 rings (SSSR count). The average molecular weight is 275 g/mol. The SMILES string of the molecule is COc1ccc([C@H](C)N)c(OCc2ccccc2F)c1. The first-order valence-electron chi connectivity index (χ1n) is 6.41. The standard InChI is InChI=1S/C16H18FNO2/c1-11(18)14-8-7-13(19-2)9-16(14)20-10-12-5-3-4-6-15(12)17/h3-9,11H,10,18H2,1-2H3/t11-/m0/s1. The van der Waals surface area contributed by atoms with Crippen molar-refractivity contribution in [2.24, 2.45) is 5.73 Å². The third-order valence-electron chi connectivity index (χ3n) is 3.05. The molecule has 3 nitrogen and oxygen atoms in total. The first-order chi connectivity index (χ1) is 9.61. The molecule has 2 aromatic rings. The lowest BCUT2D eigenvalue weighted by Gasteiger charge is -2.15. The number of benzene rings is 2. The highest BCUT2D eigenvalue weighted by Gasteiger charge is 2.11. The van der Waals surface area contributed by atoms with Crippen LogP contribution >= 0.6 is 0 Å². The summed E-state index contributed by atoms with van der Waals surface area (Å²) in [4.78, 5) is 0. The fraction of sp³-hybridized carbons (Fsp3) is 0.250. The Morgan fingerprint density at radius 3 is 2.60 bits per heavy atom. The molecular formula is C16H18FNO2. The number of methoxy groups -OCH3 is 1. The maximum Gasteiger partial charge on any atom is 0.129 e. The van der Waals surface area contributed by atoms with E-state index in [1.54, 1.807) is 31.4 Å². The molecule has 20 heavy (non-hydrogen) atoms. The molecule has 0 bridgehead atoms. The molecule has 0 aliphatic rings. The predicted molar refractivity (Wildman–Crippen MR) is 76.3 cm³/mol. The molecule has 2 N–H and O–H groups in total. The number of hydrogen-bond donors (Lipinski definition) is 1. The molecule has 0 spiro atoms. The molecule has 0 saturated carbocycles. The first kappa shape index (κ1) is 14.3. The third kappa shape index (κ3) is 3.27. The highest BCUT2D eigenvalue weighted by Crippen LogP contribution is 2.29. The van der Waals surface area contributed by atoms with Crippen LogP contribution in [-0.2, 0) is 6.61 Å². The van der Waals surface area contributed by atoms with Crippen molar-refractivity contribution in [2.45, 2.75) is 19.6 Å². The van der Waals surface area contributed by atoms with E-state index in [0.29, 0.717) is 17.1 Å². The average Bonchev–Trinajstić information content (AvgIpc) is 2.46. The number of ether oxygens (including phenoxy) is 2. The molecular weight excluding hydrogens is 257 g/mol. The van der Waals surface area contributed by atoms with Crippen LogP contribution < -0.4 is 15.2 Å². The Kier molecular flexibility index (Phi) is 4.58. The predicted octanol–water partition coefficient (Wildman–Crippen LogP) is 3.43. The third-order valence-corrected chi connectivity index (χ3v) is 3.05. The molecule has 0 saturated heterocycles. The summed E-state index contributed by atoms with van der Waals surface area (Å²) in [5.41, 5.74) is 7.28. The molecule has 0 aliphatic carbocycles. The normalized spacial score (nSPS) is 12.0. The quantitative estimate of drug-likeness (QED) is 0.909. The van der Waals surface area contributed by atoms with E-state index in [1.165, 1.54) is 6.07 Å². The van der Waals surface area contributed by atoms with Gasteiger partial charge in [-0.15, -0.1) is 0 Å². The molecule has 4 heteroatoms. The van der Waals surface area contributed by atoms with Crippen LogP contribution in [0.3, 0.4) is 0 Å². The molecule has 0 heterocycles. The fourth-order valence-electron chi connectivity index (χ4n) is 1.91. The minimum atomic E-state index is -0.280. The highest BCUT2D eigenvalue weighted by atomic mass is 19.1. The van der Waals surface area contributed by atoms with E-state index in [1.807, 2.05) is 19.1 Å². The Morgan fingerprint density at radius 2 is 1.95 bits per heavy atom. The van der Waals surface area contributed by atoms with Gasteiger partial charge in [0, 0.05) is 23.2 Å². The van der Waals surface area contributed by atoms with Crippen molar-refractivity contribution in [1.29, 1.82) is 0 Å². The minimum absolute atomic E-state index is 0.152. The van der Waals surface area contributed by atoms with Gasteiger partial charge in [0.1, 0.15) is 23.9 Å². The van der Waals surface area contributed by atoms with Crippen LogP contribution in [0.1, 0.15) is 24.1 Å². The Morgan fingerprint density at radius 1 is 1.20 bits per heavy atom. The maximum atomic E-state index is 13.6. The van der Waals surface area contributed by atoms with Gasteiger partial charge in [-0.3, -0.25) is 0 Å². The van der Waals surface area contributed by atoms with E-state index in [9.17, 15) is 4.39 Å². The molecule has 0 unspecified atom stereocenters. The number of hydrogen-bond acceptors (Lipinski definition) is 3. The molecule has 1 atom stereocenters. The van der Waals surface area contributed by atoms with Gasteiger partial charge >= 0.3 is 0 Å². The van der Waals surface area contributed by atoms with Crippen LogP contribution in [0.4, 0.5) is 4.39 Å². The summed E-state index contributed by atoms with van der Waals surface area (Å²) < 4.78 is 24.4. The van der Waals surface area contributed by atoms with E-state index in [0.717, 1.165) is 5.56 Å². The molecule has 0 aliphatic heterocycles. The molecule has 0 fully saturated rings. The van der Waals surface area contributed by atoms with E-state index >= 15 is 0 Å². The second kappa shape index (κ2) is 6.39. The maximum absolute atomic E-state index is 13.6. The van der Waals surface area contributed by atoms with E-state index in [-0.39, 0.29) is 18.5 Å². The van der Waals surface area contributed by atoms with E-state index < -0.39 is 0 Å². The van der Waals surface area contributed by atoms with Gasteiger partial charge in [0.2, 0.25) is 0 Å². The van der Waals surface area contributed by atoms with Crippen molar-refractivity contribution in [3.63, 3.8) is 0 Å².